The molecule has 0 unspecified atom stereocenters. The van der Waals surface area contributed by atoms with Gasteiger partial charge in [-0.3, -0.25) is 4.79 Å². The van der Waals surface area contributed by atoms with E-state index in [1.165, 1.54) is 0 Å². The van der Waals surface area contributed by atoms with Crippen molar-refractivity contribution in [3.8, 4) is 28.5 Å². The lowest BCUT2D eigenvalue weighted by molar-refractivity contribution is -0.118. The molecule has 0 spiro atoms. The number of sulfone groups is 1. The van der Waals surface area contributed by atoms with Gasteiger partial charge in [-0.1, -0.05) is 6.07 Å². The quantitative estimate of drug-likeness (QED) is 0.505. The Balaban J connectivity index is 1.59. The molecule has 1 saturated heterocycles. The molecule has 2 aromatic carbocycles. The number of amides is 1. The van der Waals surface area contributed by atoms with E-state index in [0.717, 1.165) is 16.7 Å². The Labute approximate surface area is 204 Å². The molecule has 1 fully saturated rings. The number of benzene rings is 2. The van der Waals surface area contributed by atoms with Gasteiger partial charge in [0.1, 0.15) is 11.6 Å². The molecule has 9 nitrogen and oxygen atoms in total. The van der Waals surface area contributed by atoms with Crippen molar-refractivity contribution in [3.63, 3.8) is 0 Å². The lowest BCUT2D eigenvalue weighted by atomic mass is 10.1. The van der Waals surface area contributed by atoms with Gasteiger partial charge in [-0.15, -0.1) is 0 Å². The van der Waals surface area contributed by atoms with E-state index in [4.69, 9.17) is 14.2 Å². The first-order chi connectivity index (χ1) is 16.7. The Bertz CT molecular complexity index is 1350. The molecule has 1 aliphatic rings. The minimum Gasteiger partial charge on any atom is -0.493 e. The molecule has 35 heavy (non-hydrogen) atoms. The maximum Gasteiger partial charge on any atom is 0.263 e. The molecule has 3 aromatic rings. The lowest BCUT2D eigenvalue weighted by Crippen LogP contribution is -2.23. The van der Waals surface area contributed by atoms with Crippen LogP contribution in [0.3, 0.4) is 0 Å². The molecule has 2 heterocycles. The summed E-state index contributed by atoms with van der Waals surface area (Å²) in [5.41, 5.74) is 3.52. The predicted molar refractivity (Wildman–Crippen MR) is 133 cm³/mol. The molecular formula is C25H29N3O6S. The average Bonchev–Trinajstić information content (AvgIpc) is 3.41. The second-order valence-electron chi connectivity index (χ2n) is 8.57. The fourth-order valence-electron chi connectivity index (χ4n) is 4.00. The molecule has 1 amide bonds. The number of aryl methyl sites for hydroxylation is 2. The van der Waals surface area contributed by atoms with Crippen molar-refractivity contribution in [2.24, 2.45) is 0 Å². The van der Waals surface area contributed by atoms with E-state index in [2.05, 4.69) is 10.4 Å². The summed E-state index contributed by atoms with van der Waals surface area (Å²) in [7, 11) is -0.0502. The van der Waals surface area contributed by atoms with Crippen LogP contribution in [-0.2, 0) is 14.6 Å². The van der Waals surface area contributed by atoms with Gasteiger partial charge in [0.05, 0.1) is 37.5 Å². The number of ether oxygens (including phenoxy) is 3. The molecule has 1 aliphatic heterocycles. The van der Waals surface area contributed by atoms with Gasteiger partial charge in [0.2, 0.25) is 0 Å². The number of nitrogens with zero attached hydrogens (tertiary/aromatic N) is 2. The number of nitrogens with one attached hydrogen (secondary N) is 1. The van der Waals surface area contributed by atoms with E-state index in [-0.39, 0.29) is 30.1 Å². The van der Waals surface area contributed by atoms with Gasteiger partial charge in [-0.2, -0.15) is 5.10 Å². The topological polar surface area (TPSA) is 109 Å². The van der Waals surface area contributed by atoms with Crippen LogP contribution in [0.15, 0.2) is 42.5 Å². The van der Waals surface area contributed by atoms with E-state index in [1.807, 2.05) is 38.1 Å². The zero-order chi connectivity index (χ0) is 25.2. The maximum absolute atomic E-state index is 12.7. The van der Waals surface area contributed by atoms with Crippen molar-refractivity contribution >= 4 is 21.6 Å². The summed E-state index contributed by atoms with van der Waals surface area (Å²) in [6.07, 6.45) is 0.428. The van der Waals surface area contributed by atoms with E-state index in [0.29, 0.717) is 35.2 Å². The molecular weight excluding hydrogens is 470 g/mol. The highest BCUT2D eigenvalue weighted by molar-refractivity contribution is 7.91. The lowest BCUT2D eigenvalue weighted by Gasteiger charge is -2.14. The van der Waals surface area contributed by atoms with Crippen LogP contribution in [0.1, 0.15) is 23.6 Å². The average molecular weight is 500 g/mol. The second-order valence-corrected chi connectivity index (χ2v) is 10.8. The fraction of sp³-hybridized carbons (Fsp3) is 0.360. The Morgan fingerprint density at radius 2 is 1.83 bits per heavy atom. The van der Waals surface area contributed by atoms with Crippen LogP contribution < -0.4 is 19.5 Å². The monoisotopic (exact) mass is 499 g/mol. The summed E-state index contributed by atoms with van der Waals surface area (Å²) in [6.45, 7) is 3.79. The van der Waals surface area contributed by atoms with Gasteiger partial charge in [-0.25, -0.2) is 13.1 Å². The number of methoxy groups -OCH3 is 2. The van der Waals surface area contributed by atoms with Crippen LogP contribution in [0, 0.1) is 13.8 Å². The first-order valence-electron chi connectivity index (χ1n) is 11.2. The summed E-state index contributed by atoms with van der Waals surface area (Å²) in [4.78, 5) is 12.7. The molecule has 1 N–H and O–H groups in total. The zero-order valence-corrected chi connectivity index (χ0v) is 21.0. The summed E-state index contributed by atoms with van der Waals surface area (Å²) in [5.74, 6) is 1.82. The van der Waals surface area contributed by atoms with Crippen LogP contribution in [0.2, 0.25) is 0 Å². The molecule has 1 atom stereocenters. The summed E-state index contributed by atoms with van der Waals surface area (Å²) < 4.78 is 42.2. The number of carbonyl (C=O) groups is 1. The van der Waals surface area contributed by atoms with Crippen molar-refractivity contribution in [1.29, 1.82) is 0 Å². The molecule has 186 valence electrons. The zero-order valence-electron chi connectivity index (χ0n) is 20.2. The molecule has 0 saturated carbocycles. The molecule has 0 aliphatic carbocycles. The molecule has 4 rings (SSSR count). The third kappa shape index (κ3) is 5.59. The minimum atomic E-state index is -3.15. The molecule has 10 heteroatoms. The number of carbonyl (C=O) groups excluding carboxylic acids is 1. The molecule has 0 bridgehead atoms. The van der Waals surface area contributed by atoms with Gasteiger partial charge in [0.25, 0.3) is 5.91 Å². The number of rotatable bonds is 8. The Hall–Kier alpha value is -3.53. The SMILES string of the molecule is COc1ccc(-c2cc(NC(=O)COc3ccc(C)c(C)c3)n([C@@H]3CCS(=O)(=O)C3)n2)cc1OC. The highest BCUT2D eigenvalue weighted by Crippen LogP contribution is 2.34. The number of aromatic nitrogens is 2. The fourth-order valence-corrected chi connectivity index (χ4v) is 5.69. The molecule has 0 radical (unpaired) electrons. The van der Waals surface area contributed by atoms with E-state index >= 15 is 0 Å². The van der Waals surface area contributed by atoms with Gasteiger partial charge < -0.3 is 19.5 Å². The van der Waals surface area contributed by atoms with Crippen molar-refractivity contribution in [2.45, 2.75) is 26.3 Å². The van der Waals surface area contributed by atoms with Gasteiger partial charge in [-0.05, 0) is 61.7 Å². The van der Waals surface area contributed by atoms with Crippen LogP contribution >= 0.6 is 0 Å². The molecule has 1 aromatic heterocycles. The second kappa shape index (κ2) is 9.99. The number of anilines is 1. The van der Waals surface area contributed by atoms with Gasteiger partial charge in [0.15, 0.2) is 27.9 Å². The van der Waals surface area contributed by atoms with Gasteiger partial charge >= 0.3 is 0 Å². The van der Waals surface area contributed by atoms with E-state index in [9.17, 15) is 13.2 Å². The van der Waals surface area contributed by atoms with Crippen molar-refractivity contribution < 1.29 is 27.4 Å². The highest BCUT2D eigenvalue weighted by Gasteiger charge is 2.32. The van der Waals surface area contributed by atoms with Crippen molar-refractivity contribution in [3.05, 3.63) is 53.6 Å². The van der Waals surface area contributed by atoms with Crippen molar-refractivity contribution in [2.75, 3.05) is 37.6 Å². The smallest absolute Gasteiger partial charge is 0.263 e. The number of hydrogen-bond donors (Lipinski definition) is 1. The predicted octanol–water partition coefficient (Wildman–Crippen LogP) is 3.56. The van der Waals surface area contributed by atoms with Crippen LogP contribution in [-0.4, -0.2) is 56.4 Å². The Kier molecular flexibility index (Phi) is 7.02. The Morgan fingerprint density at radius 1 is 1.06 bits per heavy atom. The number of hydrogen-bond acceptors (Lipinski definition) is 7. The third-order valence-corrected chi connectivity index (χ3v) is 7.84. The van der Waals surface area contributed by atoms with E-state index in [1.54, 1.807) is 37.1 Å². The van der Waals surface area contributed by atoms with Crippen LogP contribution in [0.5, 0.6) is 17.2 Å². The van der Waals surface area contributed by atoms with Crippen LogP contribution in [0.4, 0.5) is 5.82 Å². The maximum atomic E-state index is 12.7. The summed E-state index contributed by atoms with van der Waals surface area (Å²) in [6, 6.07) is 12.4. The van der Waals surface area contributed by atoms with E-state index < -0.39 is 9.84 Å². The summed E-state index contributed by atoms with van der Waals surface area (Å²) >= 11 is 0. The standard InChI is InChI=1S/C25H29N3O6S/c1-16-5-7-20(11-17(16)2)34-14-25(29)26-24-13-21(18-6-8-22(32-3)23(12-18)33-4)27-28(24)19-9-10-35(30,31)15-19/h5-8,11-13,19H,9-10,14-15H2,1-4H3,(H,26,29)/t19-/m1/s1. The largest absolute Gasteiger partial charge is 0.493 e. The minimum absolute atomic E-state index is 0.0257. The normalized spacial score (nSPS) is 16.6. The van der Waals surface area contributed by atoms with Crippen LogP contribution in [0.25, 0.3) is 11.3 Å². The van der Waals surface area contributed by atoms with Gasteiger partial charge in [0, 0.05) is 11.6 Å². The first-order valence-corrected chi connectivity index (χ1v) is 13.0. The first kappa shape index (κ1) is 24.6. The summed E-state index contributed by atoms with van der Waals surface area (Å²) in [5, 5.41) is 7.49. The third-order valence-electron chi connectivity index (χ3n) is 6.09. The van der Waals surface area contributed by atoms with Crippen molar-refractivity contribution in [1.82, 2.24) is 9.78 Å². The highest BCUT2D eigenvalue weighted by atomic mass is 32.2. The Morgan fingerprint density at radius 3 is 2.49 bits per heavy atom.